The number of likely N-dealkylation sites (N-methyl/N-ethyl adjacent to an activating group) is 1. The van der Waals surface area contributed by atoms with E-state index < -0.39 is 17.2 Å². The number of carbonyl (C=O) groups excluding carboxylic acids is 1. The van der Waals surface area contributed by atoms with Crippen LogP contribution in [0.5, 0.6) is 0 Å². The first-order valence-electron chi connectivity index (χ1n) is 9.65. The molecule has 7 heteroatoms. The van der Waals surface area contributed by atoms with Crippen molar-refractivity contribution in [3.05, 3.63) is 86.6 Å². The number of nitrogens with one attached hydrogen (secondary N) is 1. The number of aryl methyl sites for hydroxylation is 1. The zero-order chi connectivity index (χ0) is 21.2. The molecular weight excluding hydrogens is 380 g/mol. The molecule has 5 rings (SSSR count). The second-order valence-electron chi connectivity index (χ2n) is 7.60. The summed E-state index contributed by atoms with van der Waals surface area (Å²) in [6.45, 7) is 0. The van der Waals surface area contributed by atoms with Crippen molar-refractivity contribution in [3.63, 3.8) is 0 Å². The molecule has 150 valence electrons. The van der Waals surface area contributed by atoms with Crippen molar-refractivity contribution in [1.82, 2.24) is 14.1 Å². The van der Waals surface area contributed by atoms with Gasteiger partial charge in [-0.15, -0.1) is 0 Å². The molecular formula is C23H20N4O3. The smallest absolute Gasteiger partial charge is 0.332 e. The highest BCUT2D eigenvalue weighted by Crippen LogP contribution is 2.45. The number of aromatic nitrogens is 3. The van der Waals surface area contributed by atoms with Gasteiger partial charge in [-0.3, -0.25) is 18.7 Å². The fourth-order valence-corrected chi connectivity index (χ4v) is 4.43. The van der Waals surface area contributed by atoms with Crippen molar-refractivity contribution in [2.24, 2.45) is 14.1 Å². The number of benzene rings is 2. The summed E-state index contributed by atoms with van der Waals surface area (Å²) in [4.78, 5) is 44.0. The van der Waals surface area contributed by atoms with E-state index in [1.165, 1.54) is 11.6 Å². The van der Waals surface area contributed by atoms with Crippen molar-refractivity contribution in [2.45, 2.75) is 5.92 Å². The summed E-state index contributed by atoms with van der Waals surface area (Å²) in [5, 5.41) is 0.363. The Morgan fingerprint density at radius 3 is 2.23 bits per heavy atom. The van der Waals surface area contributed by atoms with Gasteiger partial charge in [-0.2, -0.15) is 0 Å². The Hall–Kier alpha value is -3.87. The lowest BCUT2D eigenvalue weighted by Crippen LogP contribution is -2.37. The van der Waals surface area contributed by atoms with E-state index >= 15 is 0 Å². The van der Waals surface area contributed by atoms with E-state index in [0.717, 1.165) is 21.4 Å². The first-order valence-corrected chi connectivity index (χ1v) is 9.65. The minimum atomic E-state index is -0.639. The number of para-hydroxylation sites is 1. The molecule has 0 aliphatic carbocycles. The number of nitrogens with zero attached hydrogens (tertiary/aromatic N) is 3. The standard InChI is InChI=1S/C23H20N4O3/c1-25-15-12-8-7-11-14(15)16(21(25)28)17-18-20(26(2)23(30)27(3)22(18)29)24-19(17)13-9-5-4-6-10-13/h4-12,16,24H,1-3H3/t16-/m1/s1. The summed E-state index contributed by atoms with van der Waals surface area (Å²) in [5.74, 6) is -0.745. The van der Waals surface area contributed by atoms with E-state index in [4.69, 9.17) is 0 Å². The van der Waals surface area contributed by atoms with Gasteiger partial charge in [0.1, 0.15) is 5.65 Å². The number of hydrogen-bond acceptors (Lipinski definition) is 3. The van der Waals surface area contributed by atoms with Crippen LogP contribution in [0.1, 0.15) is 17.0 Å². The van der Waals surface area contributed by atoms with Crippen LogP contribution in [0.15, 0.2) is 64.2 Å². The lowest BCUT2D eigenvalue weighted by Gasteiger charge is -2.13. The predicted octanol–water partition coefficient (Wildman–Crippen LogP) is 2.34. The maximum absolute atomic E-state index is 13.4. The van der Waals surface area contributed by atoms with Gasteiger partial charge in [0.25, 0.3) is 5.56 Å². The Morgan fingerprint density at radius 1 is 0.833 bits per heavy atom. The normalized spacial score (nSPS) is 15.8. The summed E-state index contributed by atoms with van der Waals surface area (Å²) in [7, 11) is 4.82. The third-order valence-electron chi connectivity index (χ3n) is 5.98. The Bertz CT molecular complexity index is 1440. The van der Waals surface area contributed by atoms with E-state index in [9.17, 15) is 14.4 Å². The summed E-state index contributed by atoms with van der Waals surface area (Å²) >= 11 is 0. The number of H-pyrrole nitrogens is 1. The van der Waals surface area contributed by atoms with Gasteiger partial charge in [0, 0.05) is 32.4 Å². The zero-order valence-corrected chi connectivity index (χ0v) is 16.8. The first kappa shape index (κ1) is 18.2. The number of hydrogen-bond donors (Lipinski definition) is 1. The van der Waals surface area contributed by atoms with E-state index in [0.29, 0.717) is 22.3 Å². The topological polar surface area (TPSA) is 80.1 Å². The monoisotopic (exact) mass is 400 g/mol. The Labute approximate surface area is 171 Å². The number of anilines is 1. The second kappa shape index (κ2) is 6.32. The molecule has 3 heterocycles. The molecule has 2 aromatic carbocycles. The molecule has 7 nitrogen and oxygen atoms in total. The van der Waals surface area contributed by atoms with Crippen molar-refractivity contribution < 1.29 is 4.79 Å². The molecule has 1 atom stereocenters. The molecule has 0 unspecified atom stereocenters. The van der Waals surface area contributed by atoms with E-state index in [1.54, 1.807) is 19.0 Å². The van der Waals surface area contributed by atoms with Gasteiger partial charge < -0.3 is 9.88 Å². The van der Waals surface area contributed by atoms with Crippen LogP contribution in [-0.4, -0.2) is 27.1 Å². The lowest BCUT2D eigenvalue weighted by atomic mass is 9.89. The fourth-order valence-electron chi connectivity index (χ4n) is 4.43. The molecule has 0 fully saturated rings. The lowest BCUT2D eigenvalue weighted by molar-refractivity contribution is -0.118. The van der Waals surface area contributed by atoms with Crippen LogP contribution in [0.2, 0.25) is 0 Å². The van der Waals surface area contributed by atoms with Crippen LogP contribution in [0.4, 0.5) is 5.69 Å². The van der Waals surface area contributed by atoms with E-state index in [1.807, 2.05) is 54.6 Å². The largest absolute Gasteiger partial charge is 0.340 e. The summed E-state index contributed by atoms with van der Waals surface area (Å²) in [6, 6.07) is 17.2. The Kier molecular flexibility index (Phi) is 3.83. The number of rotatable bonds is 2. The number of fused-ring (bicyclic) bond motifs is 2. The molecule has 0 saturated carbocycles. The zero-order valence-electron chi connectivity index (χ0n) is 16.8. The predicted molar refractivity (Wildman–Crippen MR) is 116 cm³/mol. The minimum absolute atomic E-state index is 0.106. The first-order chi connectivity index (χ1) is 14.4. The van der Waals surface area contributed by atoms with Crippen LogP contribution in [0.3, 0.4) is 0 Å². The van der Waals surface area contributed by atoms with Crippen molar-refractivity contribution in [2.75, 3.05) is 11.9 Å². The maximum Gasteiger partial charge on any atom is 0.332 e. The molecule has 1 aliphatic heterocycles. The van der Waals surface area contributed by atoms with Gasteiger partial charge in [-0.1, -0.05) is 48.5 Å². The number of aromatic amines is 1. The molecule has 0 bridgehead atoms. The molecule has 4 aromatic rings. The molecule has 1 N–H and O–H groups in total. The van der Waals surface area contributed by atoms with Crippen LogP contribution in [-0.2, 0) is 18.9 Å². The molecule has 1 amide bonds. The minimum Gasteiger partial charge on any atom is -0.340 e. The summed E-state index contributed by atoms with van der Waals surface area (Å²) in [5.41, 5.74) is 3.37. The Morgan fingerprint density at radius 2 is 1.50 bits per heavy atom. The number of carbonyl (C=O) groups is 1. The van der Waals surface area contributed by atoms with Crippen molar-refractivity contribution in [3.8, 4) is 11.3 Å². The SMILES string of the molecule is CN1C(=O)[C@@H](c2c(-c3ccccc3)[nH]c3c2c(=O)n(C)c(=O)n3C)c2ccccc21. The van der Waals surface area contributed by atoms with Crippen molar-refractivity contribution >= 4 is 22.6 Å². The summed E-state index contributed by atoms with van der Waals surface area (Å²) in [6.07, 6.45) is 0. The van der Waals surface area contributed by atoms with E-state index in [-0.39, 0.29) is 5.91 Å². The van der Waals surface area contributed by atoms with Gasteiger partial charge in [-0.25, -0.2) is 4.79 Å². The fraction of sp³-hybridized carbons (Fsp3) is 0.174. The highest BCUT2D eigenvalue weighted by molar-refractivity contribution is 6.10. The highest BCUT2D eigenvalue weighted by atomic mass is 16.2. The average Bonchev–Trinajstić information content (AvgIpc) is 3.27. The van der Waals surface area contributed by atoms with Gasteiger partial charge in [0.15, 0.2) is 0 Å². The molecule has 1 aliphatic rings. The van der Waals surface area contributed by atoms with Crippen LogP contribution < -0.4 is 16.1 Å². The highest BCUT2D eigenvalue weighted by Gasteiger charge is 2.40. The van der Waals surface area contributed by atoms with Crippen LogP contribution >= 0.6 is 0 Å². The molecule has 30 heavy (non-hydrogen) atoms. The molecule has 0 saturated heterocycles. The second-order valence-corrected chi connectivity index (χ2v) is 7.60. The number of amides is 1. The van der Waals surface area contributed by atoms with Gasteiger partial charge in [-0.05, 0) is 17.2 Å². The van der Waals surface area contributed by atoms with Gasteiger partial charge in [0.2, 0.25) is 5.91 Å². The van der Waals surface area contributed by atoms with Crippen LogP contribution in [0, 0.1) is 0 Å². The molecule has 0 spiro atoms. The summed E-state index contributed by atoms with van der Waals surface area (Å²) < 4.78 is 2.51. The molecule has 0 radical (unpaired) electrons. The van der Waals surface area contributed by atoms with Gasteiger partial charge in [0.05, 0.1) is 17.0 Å². The van der Waals surface area contributed by atoms with Gasteiger partial charge >= 0.3 is 5.69 Å². The van der Waals surface area contributed by atoms with Crippen molar-refractivity contribution in [1.29, 1.82) is 0 Å². The average molecular weight is 400 g/mol. The maximum atomic E-state index is 13.4. The van der Waals surface area contributed by atoms with E-state index in [2.05, 4.69) is 4.98 Å². The third-order valence-corrected chi connectivity index (χ3v) is 5.98. The third kappa shape index (κ3) is 2.29. The quantitative estimate of drug-likeness (QED) is 0.561. The Balaban J connectivity index is 1.96. The van der Waals surface area contributed by atoms with Crippen LogP contribution in [0.25, 0.3) is 22.3 Å². The molecule has 2 aromatic heterocycles.